The molecule has 0 rings (SSSR count). The van der Waals surface area contributed by atoms with Crippen LogP contribution in [0.25, 0.3) is 0 Å². The van der Waals surface area contributed by atoms with E-state index in [4.69, 9.17) is 18.5 Å². The van der Waals surface area contributed by atoms with Crippen LogP contribution in [-0.2, 0) is 27.9 Å². The fourth-order valence-corrected chi connectivity index (χ4v) is 4.00. The van der Waals surface area contributed by atoms with Crippen LogP contribution in [0.1, 0.15) is 71.1 Å². The summed E-state index contributed by atoms with van der Waals surface area (Å²) in [6.07, 6.45) is 24.6. The van der Waals surface area contributed by atoms with Gasteiger partial charge in [-0.1, -0.05) is 68.4 Å². The van der Waals surface area contributed by atoms with Gasteiger partial charge in [0.05, 0.1) is 34.3 Å². The highest BCUT2D eigenvalue weighted by molar-refractivity contribution is 7.47. The van der Waals surface area contributed by atoms with Crippen molar-refractivity contribution in [3.05, 3.63) is 48.6 Å². The van der Waals surface area contributed by atoms with Crippen molar-refractivity contribution in [2.45, 2.75) is 77.2 Å². The van der Waals surface area contributed by atoms with Crippen LogP contribution in [0.2, 0.25) is 0 Å². The van der Waals surface area contributed by atoms with Crippen molar-refractivity contribution in [3.63, 3.8) is 0 Å². The van der Waals surface area contributed by atoms with Crippen LogP contribution in [-0.4, -0.2) is 93.3 Å². The number of amides is 1. The number of allylic oxidation sites excluding steroid dienone is 8. The van der Waals surface area contributed by atoms with Crippen molar-refractivity contribution in [3.8, 4) is 0 Å². The van der Waals surface area contributed by atoms with Crippen LogP contribution in [0.15, 0.2) is 48.6 Å². The van der Waals surface area contributed by atoms with E-state index in [9.17, 15) is 24.2 Å². The van der Waals surface area contributed by atoms with Crippen molar-refractivity contribution in [2.24, 2.45) is 0 Å². The molecule has 3 N–H and O–H groups in total. The first-order chi connectivity index (χ1) is 20.4. The predicted molar refractivity (Wildman–Crippen MR) is 169 cm³/mol. The lowest BCUT2D eigenvalue weighted by Crippen LogP contribution is -2.37. The van der Waals surface area contributed by atoms with Gasteiger partial charge in [0.2, 0.25) is 5.91 Å². The monoisotopic (exact) mass is 631 g/mol. The van der Waals surface area contributed by atoms with Gasteiger partial charge >= 0.3 is 14.0 Å². The zero-order chi connectivity index (χ0) is 32.2. The maximum Gasteiger partial charge on any atom is 0.508 e. The molecule has 0 bridgehead atoms. The molecule has 0 aromatic rings. The summed E-state index contributed by atoms with van der Waals surface area (Å²) in [5.74, 6) is -0.141. The number of likely N-dealkylation sites (N-methyl/N-ethyl adjacent to an activating group) is 1. The number of nitrogens with zero attached hydrogens (tertiary/aromatic N) is 1. The molecular formula is C31H56N2O9P+. The lowest BCUT2D eigenvalue weighted by molar-refractivity contribution is -0.870. The van der Waals surface area contributed by atoms with E-state index in [1.807, 2.05) is 21.1 Å². The molecule has 0 aliphatic heterocycles. The summed E-state index contributed by atoms with van der Waals surface area (Å²) < 4.78 is 31.4. The first-order valence-electron chi connectivity index (χ1n) is 15.2. The second kappa shape index (κ2) is 26.2. The molecule has 12 heteroatoms. The smallest absolute Gasteiger partial charge is 0.432 e. The standard InChI is InChI=1S/C31H55N2O9P/c1-5-6-7-8-9-10-11-12-13-14-15-16-17-18-19-20-21-22-30(35)32-23-25-39-31(36)40-27-29(34)28-42-43(37,38)41-26-24-33(2,3)4/h9-10,12-13,15-16,18-19,29,34H,5-8,11,14,17,20-28H2,1-4H3,(H-,32,35,37,38)/p+1/b10-9-,13-12-,16-15-,19-18-. The number of quaternary nitrogens is 1. The molecule has 43 heavy (non-hydrogen) atoms. The van der Waals surface area contributed by atoms with Crippen LogP contribution in [0.4, 0.5) is 4.79 Å². The average Bonchev–Trinajstić information content (AvgIpc) is 2.94. The van der Waals surface area contributed by atoms with Crippen molar-refractivity contribution in [2.75, 3.05) is 60.7 Å². The van der Waals surface area contributed by atoms with Crippen molar-refractivity contribution >= 4 is 19.9 Å². The third kappa shape index (κ3) is 31.0. The Morgan fingerprint density at radius 1 is 0.814 bits per heavy atom. The number of unbranched alkanes of at least 4 members (excludes halogenated alkanes) is 4. The lowest BCUT2D eigenvalue weighted by atomic mass is 10.2. The third-order valence-corrected chi connectivity index (χ3v) is 6.70. The molecule has 2 unspecified atom stereocenters. The number of aliphatic hydroxyl groups is 1. The molecule has 0 saturated heterocycles. The minimum absolute atomic E-state index is 0.00186. The number of hydrogen-bond acceptors (Lipinski definition) is 8. The maximum atomic E-state index is 11.9. The van der Waals surface area contributed by atoms with Crippen molar-refractivity contribution in [1.29, 1.82) is 0 Å². The normalized spacial score (nSPS) is 14.6. The second-order valence-electron chi connectivity index (χ2n) is 11.0. The molecule has 0 spiro atoms. The van der Waals surface area contributed by atoms with E-state index in [1.165, 1.54) is 25.7 Å². The largest absolute Gasteiger partial charge is 0.508 e. The number of carbonyl (C=O) groups excluding carboxylic acids is 2. The van der Waals surface area contributed by atoms with Gasteiger partial charge in [-0.2, -0.15) is 0 Å². The lowest BCUT2D eigenvalue weighted by Gasteiger charge is -2.24. The summed E-state index contributed by atoms with van der Waals surface area (Å²) in [7, 11) is 1.37. The number of aliphatic hydroxyl groups excluding tert-OH is 1. The summed E-state index contributed by atoms with van der Waals surface area (Å²) in [6.45, 7) is 1.66. The van der Waals surface area contributed by atoms with Gasteiger partial charge in [-0.25, -0.2) is 9.36 Å². The maximum absolute atomic E-state index is 11.9. The van der Waals surface area contributed by atoms with Crippen LogP contribution >= 0.6 is 7.82 Å². The van der Waals surface area contributed by atoms with Gasteiger partial charge in [-0.3, -0.25) is 13.8 Å². The third-order valence-electron chi connectivity index (χ3n) is 5.72. The molecular weight excluding hydrogens is 575 g/mol. The minimum atomic E-state index is -4.33. The summed E-state index contributed by atoms with van der Waals surface area (Å²) in [5, 5.41) is 12.4. The molecule has 0 fully saturated rings. The summed E-state index contributed by atoms with van der Waals surface area (Å²) in [5.41, 5.74) is 0. The molecule has 0 aliphatic carbocycles. The SMILES string of the molecule is CCCCC/C=C\C/C=C\C/C=C\C/C=C\CCCC(=O)NCCOC(=O)OCC(O)COP(=O)(O)OCC[N+](C)(C)C. The molecule has 0 heterocycles. The highest BCUT2D eigenvalue weighted by atomic mass is 31.2. The zero-order valence-electron chi connectivity index (χ0n) is 26.7. The van der Waals surface area contributed by atoms with Crippen molar-refractivity contribution in [1.82, 2.24) is 5.32 Å². The van der Waals surface area contributed by atoms with E-state index in [0.717, 1.165) is 25.7 Å². The van der Waals surface area contributed by atoms with E-state index < -0.39 is 33.3 Å². The number of rotatable bonds is 26. The molecule has 248 valence electrons. The quantitative estimate of drug-likeness (QED) is 0.0366. The fraction of sp³-hybridized carbons (Fsp3) is 0.677. The van der Waals surface area contributed by atoms with E-state index in [-0.39, 0.29) is 25.7 Å². The summed E-state index contributed by atoms with van der Waals surface area (Å²) in [4.78, 5) is 33.1. The highest BCUT2D eigenvalue weighted by Crippen LogP contribution is 2.43. The topological polar surface area (TPSA) is 141 Å². The van der Waals surface area contributed by atoms with E-state index >= 15 is 0 Å². The fourth-order valence-electron chi connectivity index (χ4n) is 3.26. The number of phosphoric ester groups is 1. The molecule has 11 nitrogen and oxygen atoms in total. The van der Waals surface area contributed by atoms with Gasteiger partial charge in [0.15, 0.2) is 0 Å². The van der Waals surface area contributed by atoms with Gasteiger partial charge in [-0.15, -0.1) is 0 Å². The minimum Gasteiger partial charge on any atom is -0.432 e. The van der Waals surface area contributed by atoms with Crippen LogP contribution in [0.5, 0.6) is 0 Å². The Bertz CT molecular complexity index is 898. The molecule has 2 atom stereocenters. The van der Waals surface area contributed by atoms with Gasteiger partial charge in [0.25, 0.3) is 0 Å². The number of nitrogens with one attached hydrogen (secondary N) is 1. The average molecular weight is 632 g/mol. The summed E-state index contributed by atoms with van der Waals surface area (Å²) in [6, 6.07) is 0. The van der Waals surface area contributed by atoms with Crippen molar-refractivity contribution < 1.29 is 47.2 Å². The van der Waals surface area contributed by atoms with E-state index in [1.54, 1.807) is 0 Å². The van der Waals surface area contributed by atoms with Crippen LogP contribution < -0.4 is 5.32 Å². The molecule has 0 radical (unpaired) electrons. The van der Waals surface area contributed by atoms with E-state index in [0.29, 0.717) is 23.9 Å². The zero-order valence-corrected chi connectivity index (χ0v) is 27.6. The highest BCUT2D eigenvalue weighted by Gasteiger charge is 2.24. The number of ether oxygens (including phenoxy) is 2. The van der Waals surface area contributed by atoms with Gasteiger partial charge in [0, 0.05) is 6.42 Å². The predicted octanol–water partition coefficient (Wildman–Crippen LogP) is 5.60. The number of phosphoric acid groups is 1. The van der Waals surface area contributed by atoms with E-state index in [2.05, 4.69) is 60.8 Å². The Morgan fingerprint density at radius 2 is 1.40 bits per heavy atom. The van der Waals surface area contributed by atoms with Gasteiger partial charge in [0.1, 0.15) is 32.5 Å². The first kappa shape index (κ1) is 40.7. The van der Waals surface area contributed by atoms with Gasteiger partial charge < -0.3 is 29.3 Å². The Hall–Kier alpha value is -2.27. The molecule has 0 aromatic carbocycles. The number of hydrogen-bond donors (Lipinski definition) is 3. The Labute approximate surface area is 258 Å². The Morgan fingerprint density at radius 3 is 1.98 bits per heavy atom. The van der Waals surface area contributed by atoms with Gasteiger partial charge in [-0.05, 0) is 44.9 Å². The molecule has 0 aliphatic rings. The number of carbonyl (C=O) groups is 2. The first-order valence-corrected chi connectivity index (χ1v) is 16.7. The summed E-state index contributed by atoms with van der Waals surface area (Å²) >= 11 is 0. The molecule has 0 saturated carbocycles. The Kier molecular flexibility index (Phi) is 24.8. The van der Waals surface area contributed by atoms with Crippen LogP contribution in [0.3, 0.4) is 0 Å². The Balaban J connectivity index is 3.74. The second-order valence-corrected chi connectivity index (χ2v) is 12.5. The molecule has 1 amide bonds. The molecule has 0 aromatic heterocycles. The van der Waals surface area contributed by atoms with Crippen LogP contribution in [0, 0.1) is 0 Å².